The minimum Gasteiger partial charge on any atom is -0.328 e. The quantitative estimate of drug-likeness (QED) is 0.221. The highest BCUT2D eigenvalue weighted by Crippen LogP contribution is 2.33. The minimum atomic E-state index is -4.87. The molecule has 0 saturated heterocycles. The molecule has 8 nitrogen and oxygen atoms in total. The van der Waals surface area contributed by atoms with E-state index in [0.717, 1.165) is 6.07 Å². The van der Waals surface area contributed by atoms with Crippen molar-refractivity contribution >= 4 is 11.6 Å². The zero-order chi connectivity index (χ0) is 31.8. The second kappa shape index (κ2) is 11.8. The van der Waals surface area contributed by atoms with Gasteiger partial charge in [0, 0.05) is 13.2 Å². The summed E-state index contributed by atoms with van der Waals surface area (Å²) in [5.41, 5.74) is 1.30. The number of carbonyl (C=O) groups excluding carboxylic acids is 1. The van der Waals surface area contributed by atoms with Gasteiger partial charge in [0.05, 0.1) is 58.8 Å². The first-order valence-electron chi connectivity index (χ1n) is 13.5. The van der Waals surface area contributed by atoms with E-state index in [1.807, 2.05) is 6.07 Å². The number of pyridine rings is 1. The lowest BCUT2D eigenvalue weighted by Gasteiger charge is -2.30. The largest absolute Gasteiger partial charge is 0.419 e. The summed E-state index contributed by atoms with van der Waals surface area (Å²) in [4.78, 5) is 34.0. The van der Waals surface area contributed by atoms with Gasteiger partial charge in [-0.3, -0.25) is 18.7 Å². The number of alkyl halides is 3. The van der Waals surface area contributed by atoms with E-state index in [0.29, 0.717) is 40.3 Å². The van der Waals surface area contributed by atoms with Crippen molar-refractivity contribution in [3.63, 3.8) is 0 Å². The highest BCUT2D eigenvalue weighted by atomic mass is 19.4. The second-order valence-corrected chi connectivity index (χ2v) is 10.4. The standard InChI is InChI=1S/C32H26F4N6O2/c1-19-14-24(40(3)39-19)18-42(28(43)16-22-9-12-25(26(33)15-22)32(34,35)36)20(2)30-29(23-10-7-21(17-37)8-11-23)31(44)41-13-5-4-6-27(41)38-30/h4-15,20H,16,18H2,1-3H3/t20-/m1/s1. The molecule has 12 heteroatoms. The number of amides is 1. The summed E-state index contributed by atoms with van der Waals surface area (Å²) < 4.78 is 56.8. The molecule has 0 saturated carbocycles. The lowest BCUT2D eigenvalue weighted by molar-refractivity contribution is -0.140. The van der Waals surface area contributed by atoms with Crippen molar-refractivity contribution in [1.82, 2.24) is 24.1 Å². The third-order valence-corrected chi connectivity index (χ3v) is 7.37. The van der Waals surface area contributed by atoms with Gasteiger partial charge in [0.2, 0.25) is 5.91 Å². The van der Waals surface area contributed by atoms with Gasteiger partial charge in [-0.1, -0.05) is 24.3 Å². The number of nitriles is 1. The van der Waals surface area contributed by atoms with E-state index in [9.17, 15) is 32.4 Å². The molecule has 0 N–H and O–H groups in total. The van der Waals surface area contributed by atoms with Crippen LogP contribution in [0.2, 0.25) is 0 Å². The van der Waals surface area contributed by atoms with Crippen molar-refractivity contribution in [2.45, 2.75) is 39.0 Å². The van der Waals surface area contributed by atoms with Gasteiger partial charge in [-0.05, 0) is 67.4 Å². The van der Waals surface area contributed by atoms with Crippen LogP contribution >= 0.6 is 0 Å². The highest BCUT2D eigenvalue weighted by Gasteiger charge is 2.34. The maximum atomic E-state index is 14.4. The Balaban J connectivity index is 1.63. The zero-order valence-corrected chi connectivity index (χ0v) is 23.9. The predicted octanol–water partition coefficient (Wildman–Crippen LogP) is 5.77. The smallest absolute Gasteiger partial charge is 0.328 e. The number of rotatable bonds is 7. The van der Waals surface area contributed by atoms with Crippen LogP contribution in [-0.4, -0.2) is 30.0 Å². The molecule has 0 unspecified atom stereocenters. The Kier molecular flexibility index (Phi) is 8.06. The minimum absolute atomic E-state index is 0.0170. The van der Waals surface area contributed by atoms with Crippen LogP contribution in [0.25, 0.3) is 16.8 Å². The first-order chi connectivity index (χ1) is 20.9. The lowest BCUT2D eigenvalue weighted by atomic mass is 9.98. The van der Waals surface area contributed by atoms with Crippen molar-refractivity contribution in [2.75, 3.05) is 0 Å². The predicted molar refractivity (Wildman–Crippen MR) is 154 cm³/mol. The van der Waals surface area contributed by atoms with E-state index in [4.69, 9.17) is 4.98 Å². The summed E-state index contributed by atoms with van der Waals surface area (Å²) in [6, 6.07) is 16.9. The number of fused-ring (bicyclic) bond motifs is 1. The van der Waals surface area contributed by atoms with Crippen LogP contribution in [0.3, 0.4) is 0 Å². The third kappa shape index (κ3) is 5.94. The van der Waals surface area contributed by atoms with Gasteiger partial charge in [-0.2, -0.15) is 23.5 Å². The Morgan fingerprint density at radius 3 is 2.43 bits per heavy atom. The molecule has 2 aromatic carbocycles. The fraction of sp³-hybridized carbons (Fsp3) is 0.219. The van der Waals surface area contributed by atoms with Gasteiger partial charge < -0.3 is 4.90 Å². The van der Waals surface area contributed by atoms with Gasteiger partial charge in [0.1, 0.15) is 11.5 Å². The Labute approximate surface area is 249 Å². The van der Waals surface area contributed by atoms with Crippen molar-refractivity contribution < 1.29 is 22.4 Å². The van der Waals surface area contributed by atoms with E-state index < -0.39 is 41.5 Å². The number of nitrogens with zero attached hydrogens (tertiary/aromatic N) is 6. The fourth-order valence-electron chi connectivity index (χ4n) is 5.14. The Bertz CT molecular complexity index is 1970. The van der Waals surface area contributed by atoms with Crippen molar-refractivity contribution in [1.29, 1.82) is 5.26 Å². The van der Waals surface area contributed by atoms with Crippen molar-refractivity contribution in [3.8, 4) is 17.2 Å². The zero-order valence-electron chi connectivity index (χ0n) is 23.9. The van der Waals surface area contributed by atoms with E-state index in [1.165, 1.54) is 9.30 Å². The molecule has 5 aromatic rings. The molecule has 1 amide bonds. The fourth-order valence-corrected chi connectivity index (χ4v) is 5.14. The van der Waals surface area contributed by atoms with Crippen LogP contribution in [0, 0.1) is 24.1 Å². The number of hydrogen-bond donors (Lipinski definition) is 0. The van der Waals surface area contributed by atoms with Crippen LogP contribution in [0.5, 0.6) is 0 Å². The summed E-state index contributed by atoms with van der Waals surface area (Å²) in [5, 5.41) is 13.6. The molecule has 0 aliphatic heterocycles. The maximum Gasteiger partial charge on any atom is 0.419 e. The van der Waals surface area contributed by atoms with E-state index in [-0.39, 0.29) is 23.4 Å². The van der Waals surface area contributed by atoms with Crippen LogP contribution in [-0.2, 0) is 31.0 Å². The number of hydrogen-bond acceptors (Lipinski definition) is 5. The number of aromatic nitrogens is 4. The molecule has 0 fully saturated rings. The van der Waals surface area contributed by atoms with E-state index in [1.54, 1.807) is 80.3 Å². The summed E-state index contributed by atoms with van der Waals surface area (Å²) in [6.45, 7) is 3.50. The molecule has 0 radical (unpaired) electrons. The van der Waals surface area contributed by atoms with Gasteiger partial charge in [-0.15, -0.1) is 0 Å². The SMILES string of the molecule is Cc1cc(CN(C(=O)Cc2ccc(C(F)(F)F)c(F)c2)[C@H](C)c2nc3ccccn3c(=O)c2-c2ccc(C#N)cc2)n(C)n1. The van der Waals surface area contributed by atoms with Crippen molar-refractivity contribution in [3.05, 3.63) is 123 Å². The summed E-state index contributed by atoms with van der Waals surface area (Å²) >= 11 is 0. The molecular formula is C32H26F4N6O2. The molecule has 3 heterocycles. The van der Waals surface area contributed by atoms with Gasteiger partial charge >= 0.3 is 6.18 Å². The van der Waals surface area contributed by atoms with E-state index in [2.05, 4.69) is 5.10 Å². The number of benzene rings is 2. The second-order valence-electron chi connectivity index (χ2n) is 10.4. The van der Waals surface area contributed by atoms with E-state index >= 15 is 0 Å². The van der Waals surface area contributed by atoms with Gasteiger partial charge in [-0.25, -0.2) is 9.37 Å². The lowest BCUT2D eigenvalue weighted by Crippen LogP contribution is -2.36. The monoisotopic (exact) mass is 602 g/mol. The van der Waals surface area contributed by atoms with Crippen LogP contribution < -0.4 is 5.56 Å². The highest BCUT2D eigenvalue weighted by molar-refractivity contribution is 5.80. The average molecular weight is 603 g/mol. The molecule has 0 aliphatic carbocycles. The first kappa shape index (κ1) is 30.2. The molecule has 224 valence electrons. The van der Waals surface area contributed by atoms with Crippen molar-refractivity contribution in [2.24, 2.45) is 7.05 Å². The Morgan fingerprint density at radius 1 is 1.09 bits per heavy atom. The molecule has 5 rings (SSSR count). The summed E-state index contributed by atoms with van der Waals surface area (Å²) in [7, 11) is 1.71. The van der Waals surface area contributed by atoms with Crippen LogP contribution in [0.15, 0.2) is 77.7 Å². The van der Waals surface area contributed by atoms with Gasteiger partial charge in [0.25, 0.3) is 5.56 Å². The molecule has 0 bridgehead atoms. The number of aryl methyl sites for hydroxylation is 2. The normalized spacial score (nSPS) is 12.2. The van der Waals surface area contributed by atoms with Gasteiger partial charge in [0.15, 0.2) is 0 Å². The Hall–Kier alpha value is -5.31. The molecular weight excluding hydrogens is 576 g/mol. The van der Waals surface area contributed by atoms with Crippen LogP contribution in [0.4, 0.5) is 17.6 Å². The Morgan fingerprint density at radius 2 is 1.82 bits per heavy atom. The summed E-state index contributed by atoms with van der Waals surface area (Å²) in [5.74, 6) is -2.01. The first-order valence-corrected chi connectivity index (χ1v) is 13.5. The molecule has 44 heavy (non-hydrogen) atoms. The average Bonchev–Trinajstić information content (AvgIpc) is 3.30. The van der Waals surface area contributed by atoms with Crippen LogP contribution in [0.1, 0.15) is 46.7 Å². The molecule has 1 atom stereocenters. The topological polar surface area (TPSA) is 96.3 Å². The number of halogens is 4. The molecule has 3 aromatic heterocycles. The number of carbonyl (C=O) groups is 1. The molecule has 0 aliphatic rings. The summed E-state index contributed by atoms with van der Waals surface area (Å²) in [6.07, 6.45) is -3.70. The third-order valence-electron chi connectivity index (χ3n) is 7.37. The maximum absolute atomic E-state index is 14.4. The molecule has 0 spiro atoms.